The summed E-state index contributed by atoms with van der Waals surface area (Å²) in [5.74, 6) is 1.18. The minimum atomic E-state index is -0.305. The Hall–Kier alpha value is -2.74. The van der Waals surface area contributed by atoms with Crippen molar-refractivity contribution in [2.24, 2.45) is 0 Å². The van der Waals surface area contributed by atoms with Crippen molar-refractivity contribution in [3.05, 3.63) is 59.8 Å². The van der Waals surface area contributed by atoms with Crippen molar-refractivity contribution in [1.82, 2.24) is 25.2 Å². The number of nitrogens with zero attached hydrogens (tertiary/aromatic N) is 4. The first-order valence-corrected chi connectivity index (χ1v) is 7.58. The molecule has 126 valence electrons. The minimum absolute atomic E-state index is 0.168. The zero-order valence-corrected chi connectivity index (χ0v) is 13.3. The number of ether oxygens (including phenoxy) is 1. The van der Waals surface area contributed by atoms with Gasteiger partial charge in [0.25, 0.3) is 0 Å². The number of aromatic nitrogens is 4. The van der Waals surface area contributed by atoms with Crippen LogP contribution in [0.4, 0.5) is 4.39 Å². The van der Waals surface area contributed by atoms with Crippen molar-refractivity contribution < 1.29 is 13.7 Å². The molecule has 2 aromatic heterocycles. The molecule has 2 heterocycles. The van der Waals surface area contributed by atoms with Gasteiger partial charge in [-0.1, -0.05) is 5.16 Å². The lowest BCUT2D eigenvalue weighted by atomic mass is 10.3. The lowest BCUT2D eigenvalue weighted by Gasteiger charge is -2.02. The van der Waals surface area contributed by atoms with Gasteiger partial charge in [0.2, 0.25) is 11.7 Å². The molecule has 1 N–H and O–H groups in total. The van der Waals surface area contributed by atoms with Crippen molar-refractivity contribution >= 4 is 0 Å². The lowest BCUT2D eigenvalue weighted by Crippen LogP contribution is -2.20. The number of nitrogens with one attached hydrogen (secondary N) is 1. The predicted molar refractivity (Wildman–Crippen MR) is 83.7 cm³/mol. The average Bonchev–Trinajstić information content (AvgIpc) is 3.20. The summed E-state index contributed by atoms with van der Waals surface area (Å²) in [7, 11) is 0. The topological polar surface area (TPSA) is 78.0 Å². The Labute approximate surface area is 138 Å². The second kappa shape index (κ2) is 7.69. The monoisotopic (exact) mass is 331 g/mol. The molecule has 0 aliphatic heterocycles. The van der Waals surface area contributed by atoms with Gasteiger partial charge in [-0.3, -0.25) is 4.68 Å². The lowest BCUT2D eigenvalue weighted by molar-refractivity contribution is 0.284. The van der Waals surface area contributed by atoms with E-state index in [0.717, 1.165) is 18.7 Å². The molecule has 0 unspecified atom stereocenters. The molecule has 0 saturated carbocycles. The molecule has 0 radical (unpaired) electrons. The third-order valence-corrected chi connectivity index (χ3v) is 3.25. The van der Waals surface area contributed by atoms with E-state index >= 15 is 0 Å². The van der Waals surface area contributed by atoms with Gasteiger partial charge in [-0.25, -0.2) is 4.39 Å². The maximum Gasteiger partial charge on any atom is 0.240 e. The van der Waals surface area contributed by atoms with Gasteiger partial charge in [0.15, 0.2) is 6.61 Å². The van der Waals surface area contributed by atoms with Gasteiger partial charge in [0.1, 0.15) is 11.6 Å². The Morgan fingerprint density at radius 3 is 2.88 bits per heavy atom. The summed E-state index contributed by atoms with van der Waals surface area (Å²) in [6.07, 6.45) is 3.81. The highest BCUT2D eigenvalue weighted by Gasteiger charge is 2.07. The van der Waals surface area contributed by atoms with Crippen LogP contribution in [0.5, 0.6) is 5.75 Å². The normalized spacial score (nSPS) is 10.9. The largest absolute Gasteiger partial charge is 0.485 e. The fourth-order valence-corrected chi connectivity index (χ4v) is 2.08. The van der Waals surface area contributed by atoms with Crippen molar-refractivity contribution in [2.45, 2.75) is 26.6 Å². The third-order valence-electron chi connectivity index (χ3n) is 3.25. The number of aryl methyl sites for hydroxylation is 1. The second-order valence-electron chi connectivity index (χ2n) is 5.30. The highest BCUT2D eigenvalue weighted by molar-refractivity contribution is 5.22. The molecule has 0 bridgehead atoms. The van der Waals surface area contributed by atoms with E-state index in [4.69, 9.17) is 9.26 Å². The second-order valence-corrected chi connectivity index (χ2v) is 5.30. The Morgan fingerprint density at radius 2 is 2.12 bits per heavy atom. The zero-order valence-electron chi connectivity index (χ0n) is 13.3. The van der Waals surface area contributed by atoms with Gasteiger partial charge >= 0.3 is 0 Å². The van der Waals surface area contributed by atoms with E-state index in [1.54, 1.807) is 12.1 Å². The Morgan fingerprint density at radius 1 is 1.29 bits per heavy atom. The first-order chi connectivity index (χ1) is 11.7. The highest BCUT2D eigenvalue weighted by atomic mass is 19.1. The van der Waals surface area contributed by atoms with E-state index in [0.29, 0.717) is 24.0 Å². The van der Waals surface area contributed by atoms with Gasteiger partial charge in [-0.05, 0) is 36.8 Å². The molecule has 3 aromatic rings. The van der Waals surface area contributed by atoms with Gasteiger partial charge < -0.3 is 14.6 Å². The van der Waals surface area contributed by atoms with Crippen LogP contribution < -0.4 is 10.1 Å². The van der Waals surface area contributed by atoms with Gasteiger partial charge in [0.05, 0.1) is 19.3 Å². The predicted octanol–water partition coefficient (Wildman–Crippen LogP) is 2.08. The van der Waals surface area contributed by atoms with Crippen LogP contribution in [0, 0.1) is 12.7 Å². The maximum absolute atomic E-state index is 12.8. The van der Waals surface area contributed by atoms with Crippen LogP contribution in [0.25, 0.3) is 0 Å². The molecular formula is C16H18FN5O2. The molecule has 1 aromatic carbocycles. The summed E-state index contributed by atoms with van der Waals surface area (Å²) in [6, 6.07) is 5.77. The van der Waals surface area contributed by atoms with Crippen LogP contribution in [-0.2, 0) is 19.7 Å². The fourth-order valence-electron chi connectivity index (χ4n) is 2.08. The smallest absolute Gasteiger partial charge is 0.240 e. The Kier molecular flexibility index (Phi) is 5.17. The SMILES string of the molecule is Cc1cnn(CCNCc2nc(COc3ccc(F)cc3)no2)c1. The van der Waals surface area contributed by atoms with Crippen LogP contribution in [0.15, 0.2) is 41.2 Å². The molecule has 0 amide bonds. The Bertz CT molecular complexity index is 769. The fraction of sp³-hybridized carbons (Fsp3) is 0.312. The van der Waals surface area contributed by atoms with Crippen molar-refractivity contribution in [1.29, 1.82) is 0 Å². The van der Waals surface area contributed by atoms with Crippen LogP contribution in [0.1, 0.15) is 17.3 Å². The van der Waals surface area contributed by atoms with Crippen LogP contribution >= 0.6 is 0 Å². The average molecular weight is 331 g/mol. The summed E-state index contributed by atoms with van der Waals surface area (Å²) < 4.78 is 25.3. The van der Waals surface area contributed by atoms with Gasteiger partial charge in [0, 0.05) is 12.7 Å². The highest BCUT2D eigenvalue weighted by Crippen LogP contribution is 2.12. The number of rotatable bonds is 8. The maximum atomic E-state index is 12.8. The van der Waals surface area contributed by atoms with Gasteiger partial charge in [-0.15, -0.1) is 0 Å². The van der Waals surface area contributed by atoms with Crippen molar-refractivity contribution in [2.75, 3.05) is 6.54 Å². The van der Waals surface area contributed by atoms with E-state index in [1.807, 2.05) is 24.0 Å². The summed E-state index contributed by atoms with van der Waals surface area (Å²) in [4.78, 5) is 4.23. The Balaban J connectivity index is 1.39. The number of halogens is 1. The van der Waals surface area contributed by atoms with E-state index in [-0.39, 0.29) is 12.4 Å². The summed E-state index contributed by atoms with van der Waals surface area (Å²) in [6.45, 7) is 4.16. The van der Waals surface area contributed by atoms with E-state index in [1.165, 1.54) is 12.1 Å². The molecule has 3 rings (SSSR count). The zero-order chi connectivity index (χ0) is 16.8. The third kappa shape index (κ3) is 4.63. The molecule has 24 heavy (non-hydrogen) atoms. The number of hydrogen-bond acceptors (Lipinski definition) is 6. The summed E-state index contributed by atoms with van der Waals surface area (Å²) in [5.41, 5.74) is 1.14. The number of hydrogen-bond donors (Lipinski definition) is 1. The molecular weight excluding hydrogens is 313 g/mol. The van der Waals surface area contributed by atoms with E-state index in [2.05, 4.69) is 20.6 Å². The van der Waals surface area contributed by atoms with E-state index < -0.39 is 0 Å². The standard InChI is InChI=1S/C16H18FN5O2/c1-12-8-19-22(10-12)7-6-18-9-16-20-15(21-24-16)11-23-14-4-2-13(17)3-5-14/h2-5,8,10,18H,6-7,9,11H2,1H3. The van der Waals surface area contributed by atoms with Gasteiger partial charge in [-0.2, -0.15) is 10.1 Å². The molecule has 0 fully saturated rings. The molecule has 0 aliphatic rings. The minimum Gasteiger partial charge on any atom is -0.485 e. The summed E-state index contributed by atoms with van der Waals surface area (Å²) in [5, 5.41) is 11.3. The molecule has 0 saturated heterocycles. The first kappa shape index (κ1) is 16.1. The molecule has 0 atom stereocenters. The molecule has 0 aliphatic carbocycles. The van der Waals surface area contributed by atoms with Crippen LogP contribution in [0.2, 0.25) is 0 Å². The van der Waals surface area contributed by atoms with Crippen LogP contribution in [-0.4, -0.2) is 26.5 Å². The molecule has 0 spiro atoms. The molecule has 7 nitrogen and oxygen atoms in total. The first-order valence-electron chi connectivity index (χ1n) is 7.58. The quantitative estimate of drug-likeness (QED) is 0.637. The van der Waals surface area contributed by atoms with Crippen molar-refractivity contribution in [3.63, 3.8) is 0 Å². The molecule has 8 heteroatoms. The van der Waals surface area contributed by atoms with Crippen molar-refractivity contribution in [3.8, 4) is 5.75 Å². The van der Waals surface area contributed by atoms with E-state index in [9.17, 15) is 4.39 Å². The number of benzene rings is 1. The van der Waals surface area contributed by atoms with Crippen LogP contribution in [0.3, 0.4) is 0 Å². The summed E-state index contributed by atoms with van der Waals surface area (Å²) >= 11 is 0.